The molecular formula is C10H13F2NOS. The average Bonchev–Trinajstić information content (AvgIpc) is 2.15. The molecule has 0 heterocycles. The maximum Gasteiger partial charge on any atom is 0.141 e. The zero-order valence-corrected chi connectivity index (χ0v) is 9.24. The highest BCUT2D eigenvalue weighted by molar-refractivity contribution is 7.99. The first-order valence-electron chi connectivity index (χ1n) is 4.51. The van der Waals surface area contributed by atoms with Gasteiger partial charge in [-0.05, 0) is 18.6 Å². The first-order valence-corrected chi connectivity index (χ1v) is 5.50. The van der Waals surface area contributed by atoms with E-state index in [0.717, 1.165) is 30.3 Å². The molecule has 0 bridgehead atoms. The van der Waals surface area contributed by atoms with Crippen LogP contribution in [0.5, 0.6) is 0 Å². The number of thioether (sulfide) groups is 1. The Kier molecular flexibility index (Phi) is 4.84. The summed E-state index contributed by atoms with van der Waals surface area (Å²) in [6, 6.07) is 2.25. The summed E-state index contributed by atoms with van der Waals surface area (Å²) in [7, 11) is 1.59. The zero-order chi connectivity index (χ0) is 11.3. The van der Waals surface area contributed by atoms with Crippen LogP contribution in [0.1, 0.15) is 6.42 Å². The van der Waals surface area contributed by atoms with Gasteiger partial charge in [0, 0.05) is 25.2 Å². The van der Waals surface area contributed by atoms with E-state index in [2.05, 4.69) is 0 Å². The van der Waals surface area contributed by atoms with E-state index in [9.17, 15) is 8.78 Å². The second kappa shape index (κ2) is 5.92. The minimum absolute atomic E-state index is 0.0281. The lowest BCUT2D eigenvalue weighted by atomic mass is 10.3. The first-order chi connectivity index (χ1) is 7.15. The number of nitrogens with two attached hydrogens (primary N) is 1. The van der Waals surface area contributed by atoms with E-state index >= 15 is 0 Å². The molecule has 0 saturated carbocycles. The van der Waals surface area contributed by atoms with Gasteiger partial charge in [-0.25, -0.2) is 8.78 Å². The van der Waals surface area contributed by atoms with E-state index < -0.39 is 11.6 Å². The summed E-state index contributed by atoms with van der Waals surface area (Å²) < 4.78 is 31.3. The molecule has 0 unspecified atom stereocenters. The third-order valence-corrected chi connectivity index (χ3v) is 2.93. The Hall–Kier alpha value is -0.810. The molecule has 84 valence electrons. The number of hydrogen-bond donors (Lipinski definition) is 1. The van der Waals surface area contributed by atoms with Crippen molar-refractivity contribution in [3.63, 3.8) is 0 Å². The molecule has 1 aromatic rings. The highest BCUT2D eigenvalue weighted by Gasteiger charge is 2.10. The second-order valence-electron chi connectivity index (χ2n) is 3.01. The lowest BCUT2D eigenvalue weighted by Crippen LogP contribution is -1.95. The molecular weight excluding hydrogens is 220 g/mol. The Morgan fingerprint density at radius 3 is 2.47 bits per heavy atom. The molecule has 0 atom stereocenters. The van der Waals surface area contributed by atoms with Crippen LogP contribution in [0.3, 0.4) is 0 Å². The number of rotatable bonds is 5. The summed E-state index contributed by atoms with van der Waals surface area (Å²) in [6.45, 7) is 0.589. The monoisotopic (exact) mass is 233 g/mol. The van der Waals surface area contributed by atoms with E-state index in [4.69, 9.17) is 10.5 Å². The fraction of sp³-hybridized carbons (Fsp3) is 0.400. The van der Waals surface area contributed by atoms with Crippen LogP contribution in [0.15, 0.2) is 17.0 Å². The van der Waals surface area contributed by atoms with Crippen molar-refractivity contribution in [2.24, 2.45) is 0 Å². The third kappa shape index (κ3) is 3.68. The molecule has 5 heteroatoms. The molecule has 0 aromatic heterocycles. The predicted molar refractivity (Wildman–Crippen MR) is 58.0 cm³/mol. The Labute approximate surface area is 91.8 Å². The average molecular weight is 233 g/mol. The smallest absolute Gasteiger partial charge is 0.141 e. The van der Waals surface area contributed by atoms with Gasteiger partial charge in [-0.3, -0.25) is 0 Å². The predicted octanol–water partition coefficient (Wildman–Crippen LogP) is 2.68. The van der Waals surface area contributed by atoms with Crippen molar-refractivity contribution < 1.29 is 13.5 Å². The van der Waals surface area contributed by atoms with Crippen LogP contribution >= 0.6 is 11.8 Å². The Bertz CT molecular complexity index is 310. The lowest BCUT2D eigenvalue weighted by molar-refractivity contribution is 0.200. The topological polar surface area (TPSA) is 35.2 Å². The quantitative estimate of drug-likeness (QED) is 0.482. The van der Waals surface area contributed by atoms with Crippen molar-refractivity contribution in [1.29, 1.82) is 0 Å². The Morgan fingerprint density at radius 2 is 1.93 bits per heavy atom. The summed E-state index contributed by atoms with van der Waals surface area (Å²) >= 11 is 1.14. The van der Waals surface area contributed by atoms with Gasteiger partial charge >= 0.3 is 0 Å². The molecule has 1 rings (SSSR count). The molecule has 0 spiro atoms. The molecule has 0 aliphatic heterocycles. The Morgan fingerprint density at radius 1 is 1.33 bits per heavy atom. The van der Waals surface area contributed by atoms with Crippen molar-refractivity contribution in [3.05, 3.63) is 23.8 Å². The van der Waals surface area contributed by atoms with Gasteiger partial charge in [0.05, 0.1) is 4.90 Å². The summed E-state index contributed by atoms with van der Waals surface area (Å²) in [5.74, 6) is -0.587. The minimum Gasteiger partial charge on any atom is -0.399 e. The zero-order valence-electron chi connectivity index (χ0n) is 8.43. The molecule has 0 amide bonds. The number of anilines is 1. The molecule has 15 heavy (non-hydrogen) atoms. The number of ether oxygens (including phenoxy) is 1. The van der Waals surface area contributed by atoms with Crippen LogP contribution in [0.25, 0.3) is 0 Å². The van der Waals surface area contributed by atoms with Gasteiger partial charge < -0.3 is 10.5 Å². The van der Waals surface area contributed by atoms with Crippen LogP contribution in [0.4, 0.5) is 14.5 Å². The maximum atomic E-state index is 13.2. The van der Waals surface area contributed by atoms with Gasteiger partial charge in [0.1, 0.15) is 11.6 Å². The highest BCUT2D eigenvalue weighted by Crippen LogP contribution is 2.27. The number of hydrogen-bond acceptors (Lipinski definition) is 3. The van der Waals surface area contributed by atoms with Gasteiger partial charge in [-0.1, -0.05) is 0 Å². The van der Waals surface area contributed by atoms with Gasteiger partial charge in [-0.15, -0.1) is 11.8 Å². The van der Waals surface area contributed by atoms with E-state index in [1.54, 1.807) is 7.11 Å². The minimum atomic E-state index is -0.602. The van der Waals surface area contributed by atoms with Crippen LogP contribution < -0.4 is 5.73 Å². The van der Waals surface area contributed by atoms with Gasteiger partial charge in [-0.2, -0.15) is 0 Å². The SMILES string of the molecule is COCCCSc1c(F)cc(N)cc1F. The summed E-state index contributed by atoms with van der Waals surface area (Å²) in [5.41, 5.74) is 5.40. The Balaban J connectivity index is 2.60. The molecule has 2 nitrogen and oxygen atoms in total. The fourth-order valence-electron chi connectivity index (χ4n) is 1.09. The number of benzene rings is 1. The van der Waals surface area contributed by atoms with Crippen molar-refractivity contribution >= 4 is 17.4 Å². The summed E-state index contributed by atoms with van der Waals surface area (Å²) in [6.07, 6.45) is 0.754. The van der Waals surface area contributed by atoms with Gasteiger partial charge in [0.15, 0.2) is 0 Å². The molecule has 0 saturated heterocycles. The molecule has 1 aromatic carbocycles. The van der Waals surface area contributed by atoms with E-state index in [-0.39, 0.29) is 10.6 Å². The van der Waals surface area contributed by atoms with E-state index in [1.807, 2.05) is 0 Å². The van der Waals surface area contributed by atoms with Crippen LogP contribution in [0.2, 0.25) is 0 Å². The van der Waals surface area contributed by atoms with E-state index in [0.29, 0.717) is 12.4 Å². The molecule has 2 N–H and O–H groups in total. The number of halogens is 2. The van der Waals surface area contributed by atoms with E-state index in [1.165, 1.54) is 0 Å². The fourth-order valence-corrected chi connectivity index (χ4v) is 1.95. The molecule has 0 aliphatic carbocycles. The van der Waals surface area contributed by atoms with Crippen LogP contribution in [-0.2, 0) is 4.74 Å². The first kappa shape index (κ1) is 12.3. The van der Waals surface area contributed by atoms with Gasteiger partial charge in [0.25, 0.3) is 0 Å². The largest absolute Gasteiger partial charge is 0.399 e. The van der Waals surface area contributed by atoms with Crippen molar-refractivity contribution in [2.75, 3.05) is 25.2 Å². The standard InChI is InChI=1S/C10H13F2NOS/c1-14-3-2-4-15-10-8(11)5-7(13)6-9(10)12/h5-6H,2-4,13H2,1H3. The number of nitrogen functional groups attached to an aromatic ring is 1. The summed E-state index contributed by atoms with van der Waals surface area (Å²) in [4.78, 5) is 0.0281. The third-order valence-electron chi connectivity index (χ3n) is 1.76. The van der Waals surface area contributed by atoms with Gasteiger partial charge in [0.2, 0.25) is 0 Å². The highest BCUT2D eigenvalue weighted by atomic mass is 32.2. The van der Waals surface area contributed by atoms with Crippen molar-refractivity contribution in [2.45, 2.75) is 11.3 Å². The number of methoxy groups -OCH3 is 1. The van der Waals surface area contributed by atoms with Crippen LogP contribution in [-0.4, -0.2) is 19.5 Å². The normalized spacial score (nSPS) is 10.6. The van der Waals surface area contributed by atoms with Crippen LogP contribution in [0, 0.1) is 11.6 Å². The summed E-state index contributed by atoms with van der Waals surface area (Å²) in [5, 5.41) is 0. The molecule has 0 radical (unpaired) electrons. The second-order valence-corrected chi connectivity index (χ2v) is 4.11. The molecule has 0 fully saturated rings. The van der Waals surface area contributed by atoms with Crippen molar-refractivity contribution in [3.8, 4) is 0 Å². The lowest BCUT2D eigenvalue weighted by Gasteiger charge is -2.05. The van der Waals surface area contributed by atoms with Crippen molar-refractivity contribution in [1.82, 2.24) is 0 Å². The molecule has 0 aliphatic rings. The maximum absolute atomic E-state index is 13.2.